The lowest BCUT2D eigenvalue weighted by Crippen LogP contribution is -1.93. The molecule has 23 heavy (non-hydrogen) atoms. The Labute approximate surface area is 143 Å². The molecule has 0 fully saturated rings. The van der Waals surface area contributed by atoms with Crippen LogP contribution >= 0.6 is 0 Å². The third-order valence-corrected chi connectivity index (χ3v) is 3.98. The van der Waals surface area contributed by atoms with Crippen molar-refractivity contribution in [2.24, 2.45) is 0 Å². The van der Waals surface area contributed by atoms with E-state index in [-0.39, 0.29) is 0 Å². The fourth-order valence-corrected chi connectivity index (χ4v) is 2.58. The number of hydrogen-bond acceptors (Lipinski definition) is 2. The Morgan fingerprint density at radius 2 is 1.26 bits per heavy atom. The highest BCUT2D eigenvalue weighted by Crippen LogP contribution is 2.10. The van der Waals surface area contributed by atoms with Gasteiger partial charge in [-0.1, -0.05) is 57.1 Å². The third-order valence-electron chi connectivity index (χ3n) is 3.98. The molecule has 0 aromatic heterocycles. The second kappa shape index (κ2) is 19.2. The largest absolute Gasteiger partial charge is 0.481 e. The van der Waals surface area contributed by atoms with E-state index in [4.69, 9.17) is 9.84 Å². The maximum atomic E-state index is 10.4. The zero-order valence-corrected chi connectivity index (χ0v) is 14.9. The summed E-state index contributed by atoms with van der Waals surface area (Å²) in [6.45, 7) is 5.12. The quantitative estimate of drug-likeness (QED) is 0.250. The molecule has 1 radical (unpaired) electrons. The van der Waals surface area contributed by atoms with E-state index in [0.29, 0.717) is 13.0 Å². The van der Waals surface area contributed by atoms with E-state index in [1.807, 2.05) is 0 Å². The first-order valence-corrected chi connectivity index (χ1v) is 9.51. The molecule has 0 amide bonds. The number of carbonyl (C=O) groups is 1. The summed E-state index contributed by atoms with van der Waals surface area (Å²) in [6, 6.07) is 0. The Hall–Kier alpha value is -0.830. The minimum atomic E-state index is -0.670. The molecule has 0 unspecified atom stereocenters. The van der Waals surface area contributed by atoms with Gasteiger partial charge in [-0.2, -0.15) is 0 Å². The minimum Gasteiger partial charge on any atom is -0.481 e. The molecule has 0 aliphatic heterocycles. The standard InChI is InChI=1S/C20H37O3/c1-2-23-19-17-15-13-11-9-7-5-3-4-6-8-10-12-14-16-18-20(21)22/h3-4H,1-2,5-19H2,(H,21,22)/b4-3-. The van der Waals surface area contributed by atoms with Crippen LogP contribution in [0, 0.1) is 6.92 Å². The second-order valence-corrected chi connectivity index (χ2v) is 6.19. The van der Waals surface area contributed by atoms with Crippen molar-refractivity contribution >= 4 is 5.97 Å². The number of aliphatic carboxylic acids is 1. The number of ether oxygens (including phenoxy) is 1. The summed E-state index contributed by atoms with van der Waals surface area (Å²) in [4.78, 5) is 10.4. The first-order valence-electron chi connectivity index (χ1n) is 9.51. The molecular formula is C20H37O3. The maximum absolute atomic E-state index is 10.4. The van der Waals surface area contributed by atoms with Crippen LogP contribution in [0.5, 0.6) is 0 Å². The topological polar surface area (TPSA) is 46.5 Å². The van der Waals surface area contributed by atoms with Gasteiger partial charge in [0.05, 0.1) is 0 Å². The second-order valence-electron chi connectivity index (χ2n) is 6.19. The number of carboxylic acids is 1. The fraction of sp³-hybridized carbons (Fsp3) is 0.800. The number of carboxylic acid groups (broad SMARTS) is 1. The highest BCUT2D eigenvalue weighted by molar-refractivity contribution is 5.66. The van der Waals surface area contributed by atoms with Crippen molar-refractivity contribution < 1.29 is 14.6 Å². The van der Waals surface area contributed by atoms with Crippen LogP contribution in [0.4, 0.5) is 0 Å². The predicted octanol–water partition coefficient (Wildman–Crippen LogP) is 5.94. The van der Waals surface area contributed by atoms with Crippen LogP contribution in [0.1, 0.15) is 89.9 Å². The van der Waals surface area contributed by atoms with Crippen molar-refractivity contribution in [3.8, 4) is 0 Å². The number of unbranched alkanes of at least 4 members (excludes halogenated alkanes) is 11. The van der Waals surface area contributed by atoms with Gasteiger partial charge in [-0.05, 0) is 45.4 Å². The summed E-state index contributed by atoms with van der Waals surface area (Å²) in [5.41, 5.74) is 0. The van der Waals surface area contributed by atoms with Gasteiger partial charge in [-0.15, -0.1) is 0 Å². The van der Waals surface area contributed by atoms with Crippen LogP contribution in [-0.2, 0) is 9.53 Å². The van der Waals surface area contributed by atoms with Gasteiger partial charge in [0.2, 0.25) is 0 Å². The molecule has 0 saturated carbocycles. The summed E-state index contributed by atoms with van der Waals surface area (Å²) in [6.07, 6.45) is 20.6. The van der Waals surface area contributed by atoms with E-state index >= 15 is 0 Å². The number of allylic oxidation sites excluding steroid dienone is 2. The first-order chi connectivity index (χ1) is 11.3. The van der Waals surface area contributed by atoms with E-state index < -0.39 is 5.97 Å². The van der Waals surface area contributed by atoms with Gasteiger partial charge >= 0.3 is 5.97 Å². The van der Waals surface area contributed by atoms with E-state index in [1.165, 1.54) is 70.6 Å². The van der Waals surface area contributed by atoms with Crippen molar-refractivity contribution in [1.82, 2.24) is 0 Å². The number of rotatable bonds is 18. The molecule has 0 bridgehead atoms. The van der Waals surface area contributed by atoms with Gasteiger partial charge in [-0.25, -0.2) is 0 Å². The monoisotopic (exact) mass is 325 g/mol. The zero-order chi connectivity index (χ0) is 17.0. The molecule has 0 heterocycles. The van der Waals surface area contributed by atoms with Crippen LogP contribution < -0.4 is 0 Å². The van der Waals surface area contributed by atoms with Crippen molar-refractivity contribution in [2.45, 2.75) is 89.9 Å². The van der Waals surface area contributed by atoms with Crippen LogP contribution in [0.15, 0.2) is 12.2 Å². The molecular weight excluding hydrogens is 288 g/mol. The molecule has 0 aliphatic rings. The van der Waals surface area contributed by atoms with Gasteiger partial charge < -0.3 is 9.84 Å². The molecule has 135 valence electrons. The summed E-state index contributed by atoms with van der Waals surface area (Å²) < 4.78 is 5.22. The molecule has 0 aromatic carbocycles. The Morgan fingerprint density at radius 1 is 0.783 bits per heavy atom. The van der Waals surface area contributed by atoms with E-state index in [9.17, 15) is 4.79 Å². The summed E-state index contributed by atoms with van der Waals surface area (Å²) in [5, 5.41) is 8.53. The SMILES string of the molecule is [CH2]COCCCCCCCC/C=C\CCCCCCCC(=O)O. The van der Waals surface area contributed by atoms with Gasteiger partial charge in [-0.3, -0.25) is 4.79 Å². The summed E-state index contributed by atoms with van der Waals surface area (Å²) >= 11 is 0. The Kier molecular flexibility index (Phi) is 18.5. The van der Waals surface area contributed by atoms with Gasteiger partial charge in [0.15, 0.2) is 0 Å². The van der Waals surface area contributed by atoms with Crippen molar-refractivity contribution in [3.05, 3.63) is 19.1 Å². The molecule has 0 rings (SSSR count). The smallest absolute Gasteiger partial charge is 0.303 e. The zero-order valence-electron chi connectivity index (χ0n) is 14.9. The van der Waals surface area contributed by atoms with Crippen molar-refractivity contribution in [2.75, 3.05) is 13.2 Å². The lowest BCUT2D eigenvalue weighted by Gasteiger charge is -2.01. The minimum absolute atomic E-state index is 0.323. The number of hydrogen-bond donors (Lipinski definition) is 1. The van der Waals surface area contributed by atoms with Crippen LogP contribution in [-0.4, -0.2) is 24.3 Å². The van der Waals surface area contributed by atoms with Gasteiger partial charge in [0.1, 0.15) is 0 Å². The molecule has 3 nitrogen and oxygen atoms in total. The molecule has 0 aromatic rings. The van der Waals surface area contributed by atoms with E-state index in [1.54, 1.807) is 0 Å². The molecule has 0 saturated heterocycles. The highest BCUT2D eigenvalue weighted by Gasteiger charge is 1.96. The lowest BCUT2D eigenvalue weighted by molar-refractivity contribution is -0.137. The molecule has 0 aliphatic carbocycles. The van der Waals surface area contributed by atoms with Gasteiger partial charge in [0, 0.05) is 19.6 Å². The molecule has 1 N–H and O–H groups in total. The molecule has 0 spiro atoms. The Bertz CT molecular complexity index is 274. The van der Waals surface area contributed by atoms with E-state index in [2.05, 4.69) is 19.1 Å². The first kappa shape index (κ1) is 22.2. The average molecular weight is 326 g/mol. The average Bonchev–Trinajstić information content (AvgIpc) is 2.53. The molecule has 0 atom stereocenters. The predicted molar refractivity (Wildman–Crippen MR) is 97.6 cm³/mol. The highest BCUT2D eigenvalue weighted by atomic mass is 16.5. The Balaban J connectivity index is 3.07. The van der Waals surface area contributed by atoms with Gasteiger partial charge in [0.25, 0.3) is 0 Å². The van der Waals surface area contributed by atoms with E-state index in [0.717, 1.165) is 19.4 Å². The molecule has 3 heteroatoms. The van der Waals surface area contributed by atoms with Crippen LogP contribution in [0.2, 0.25) is 0 Å². The maximum Gasteiger partial charge on any atom is 0.303 e. The van der Waals surface area contributed by atoms with Crippen LogP contribution in [0.3, 0.4) is 0 Å². The fourth-order valence-electron chi connectivity index (χ4n) is 2.58. The Morgan fingerprint density at radius 3 is 1.78 bits per heavy atom. The normalized spacial score (nSPS) is 11.3. The van der Waals surface area contributed by atoms with Crippen LogP contribution in [0.25, 0.3) is 0 Å². The van der Waals surface area contributed by atoms with Crippen molar-refractivity contribution in [1.29, 1.82) is 0 Å². The summed E-state index contributed by atoms with van der Waals surface area (Å²) in [7, 11) is 0. The lowest BCUT2D eigenvalue weighted by atomic mass is 10.1. The summed E-state index contributed by atoms with van der Waals surface area (Å²) in [5.74, 6) is -0.670. The third kappa shape index (κ3) is 21.2. The van der Waals surface area contributed by atoms with Crippen molar-refractivity contribution in [3.63, 3.8) is 0 Å².